The van der Waals surface area contributed by atoms with E-state index in [-0.39, 0.29) is 5.76 Å². The van der Waals surface area contributed by atoms with Crippen molar-refractivity contribution >= 4 is 34.2 Å². The van der Waals surface area contributed by atoms with Gasteiger partial charge in [0.2, 0.25) is 5.89 Å². The topological polar surface area (TPSA) is 87.0 Å². The summed E-state index contributed by atoms with van der Waals surface area (Å²) in [6.07, 6.45) is 0.531. The highest BCUT2D eigenvalue weighted by Gasteiger charge is 2.11. The summed E-state index contributed by atoms with van der Waals surface area (Å²) >= 11 is 3.01. The van der Waals surface area contributed by atoms with Crippen molar-refractivity contribution in [1.29, 1.82) is 0 Å². The number of thioether (sulfide) groups is 1. The van der Waals surface area contributed by atoms with Crippen LogP contribution in [0.25, 0.3) is 11.1 Å². The molecule has 3 aromatic heterocycles. The minimum absolute atomic E-state index is 0.355. The molecule has 25 heavy (non-hydrogen) atoms. The molecule has 7 nitrogen and oxygen atoms in total. The molecule has 0 saturated carbocycles. The summed E-state index contributed by atoms with van der Waals surface area (Å²) in [5, 5.41) is 11.6. The van der Waals surface area contributed by atoms with Gasteiger partial charge in [0.15, 0.2) is 5.58 Å². The molecule has 0 aliphatic rings. The molecule has 0 aliphatic carbocycles. The van der Waals surface area contributed by atoms with Crippen LogP contribution in [0.5, 0.6) is 0 Å². The lowest BCUT2D eigenvalue weighted by atomic mass is 10.3. The zero-order valence-electron chi connectivity index (χ0n) is 13.3. The van der Waals surface area contributed by atoms with Crippen molar-refractivity contribution in [3.63, 3.8) is 0 Å². The Morgan fingerprint density at radius 1 is 1.24 bits per heavy atom. The SMILES string of the molecule is Cc1nc(Cc2nnc(SCCn3c(=O)oc4ccccc43)o2)cs1. The van der Waals surface area contributed by atoms with E-state index in [0.29, 0.717) is 35.4 Å². The molecule has 0 saturated heterocycles. The lowest BCUT2D eigenvalue weighted by molar-refractivity contribution is 0.419. The van der Waals surface area contributed by atoms with Gasteiger partial charge in [0, 0.05) is 17.7 Å². The number of para-hydroxylation sites is 2. The van der Waals surface area contributed by atoms with Gasteiger partial charge in [-0.2, -0.15) is 0 Å². The lowest BCUT2D eigenvalue weighted by Gasteiger charge is -1.99. The number of rotatable bonds is 6. The van der Waals surface area contributed by atoms with Crippen molar-refractivity contribution < 1.29 is 8.83 Å². The van der Waals surface area contributed by atoms with E-state index in [1.807, 2.05) is 30.5 Å². The van der Waals surface area contributed by atoms with Gasteiger partial charge >= 0.3 is 5.76 Å². The third-order valence-corrected chi connectivity index (χ3v) is 5.18. The van der Waals surface area contributed by atoms with E-state index in [4.69, 9.17) is 8.83 Å². The maximum atomic E-state index is 11.9. The van der Waals surface area contributed by atoms with Crippen molar-refractivity contribution in [3.8, 4) is 0 Å². The van der Waals surface area contributed by atoms with Gasteiger partial charge in [0.05, 0.1) is 22.6 Å². The lowest BCUT2D eigenvalue weighted by Crippen LogP contribution is -2.15. The maximum absolute atomic E-state index is 11.9. The largest absolute Gasteiger partial charge is 0.419 e. The third kappa shape index (κ3) is 3.52. The van der Waals surface area contributed by atoms with Crippen LogP contribution in [0.1, 0.15) is 16.6 Å². The van der Waals surface area contributed by atoms with Gasteiger partial charge < -0.3 is 8.83 Å². The molecule has 4 aromatic rings. The number of thiazole rings is 1. The third-order valence-electron chi connectivity index (χ3n) is 3.56. The molecular weight excluding hydrogens is 360 g/mol. The van der Waals surface area contributed by atoms with Crippen molar-refractivity contribution in [1.82, 2.24) is 19.7 Å². The Kier molecular flexibility index (Phi) is 4.41. The Morgan fingerprint density at radius 2 is 2.12 bits per heavy atom. The molecule has 0 N–H and O–H groups in total. The Labute approximate surface area is 150 Å². The second-order valence-electron chi connectivity index (χ2n) is 5.33. The first-order chi connectivity index (χ1) is 12.2. The quantitative estimate of drug-likeness (QED) is 0.479. The number of aromatic nitrogens is 4. The molecule has 3 heterocycles. The molecule has 1 aromatic carbocycles. The number of benzene rings is 1. The predicted molar refractivity (Wildman–Crippen MR) is 95.2 cm³/mol. The van der Waals surface area contributed by atoms with Crippen LogP contribution in [-0.2, 0) is 13.0 Å². The summed E-state index contributed by atoms with van der Waals surface area (Å²) < 4.78 is 12.5. The number of aryl methyl sites for hydroxylation is 2. The second kappa shape index (κ2) is 6.85. The standard InChI is InChI=1S/C16H14N4O3S2/c1-10-17-11(9-25-10)8-14-18-19-15(23-14)24-7-6-20-12-4-2-3-5-13(12)22-16(20)21/h2-5,9H,6-8H2,1H3. The number of nitrogens with zero attached hydrogens (tertiary/aromatic N) is 4. The van der Waals surface area contributed by atoms with Gasteiger partial charge in [-0.15, -0.1) is 21.5 Å². The number of fused-ring (bicyclic) bond motifs is 1. The fourth-order valence-electron chi connectivity index (χ4n) is 2.46. The van der Waals surface area contributed by atoms with E-state index in [0.717, 1.165) is 16.2 Å². The first-order valence-corrected chi connectivity index (χ1v) is 9.50. The van der Waals surface area contributed by atoms with E-state index in [1.165, 1.54) is 11.8 Å². The highest BCUT2D eigenvalue weighted by molar-refractivity contribution is 7.99. The summed E-state index contributed by atoms with van der Waals surface area (Å²) in [6, 6.07) is 7.37. The molecule has 0 bridgehead atoms. The van der Waals surface area contributed by atoms with Gasteiger partial charge in [0.25, 0.3) is 5.22 Å². The number of hydrogen-bond donors (Lipinski definition) is 0. The Hall–Kier alpha value is -2.39. The molecular formula is C16H14N4O3S2. The summed E-state index contributed by atoms with van der Waals surface area (Å²) in [6.45, 7) is 2.47. The van der Waals surface area contributed by atoms with Gasteiger partial charge in [0.1, 0.15) is 0 Å². The molecule has 4 rings (SSSR count). The van der Waals surface area contributed by atoms with Crippen molar-refractivity contribution in [3.05, 3.63) is 56.8 Å². The van der Waals surface area contributed by atoms with Crippen molar-refractivity contribution in [2.75, 3.05) is 5.75 Å². The molecule has 0 fully saturated rings. The maximum Gasteiger partial charge on any atom is 0.419 e. The van der Waals surface area contributed by atoms with Crippen LogP contribution in [0, 0.1) is 6.92 Å². The summed E-state index contributed by atoms with van der Waals surface area (Å²) in [5.74, 6) is 0.812. The van der Waals surface area contributed by atoms with E-state index in [2.05, 4.69) is 15.2 Å². The van der Waals surface area contributed by atoms with Crippen molar-refractivity contribution in [2.24, 2.45) is 0 Å². The molecule has 9 heteroatoms. The van der Waals surface area contributed by atoms with E-state index in [1.54, 1.807) is 22.0 Å². The molecule has 0 amide bonds. The van der Waals surface area contributed by atoms with Gasteiger partial charge in [-0.3, -0.25) is 4.57 Å². The predicted octanol–water partition coefficient (Wildman–Crippen LogP) is 3.13. The van der Waals surface area contributed by atoms with Gasteiger partial charge in [-0.1, -0.05) is 23.9 Å². The monoisotopic (exact) mass is 374 g/mol. The first-order valence-electron chi connectivity index (χ1n) is 7.63. The molecule has 0 atom stereocenters. The van der Waals surface area contributed by atoms with Gasteiger partial charge in [-0.25, -0.2) is 9.78 Å². The fraction of sp³-hybridized carbons (Fsp3) is 0.250. The van der Waals surface area contributed by atoms with Crippen LogP contribution in [0.4, 0.5) is 0 Å². The Bertz CT molecular complexity index is 1060. The zero-order chi connectivity index (χ0) is 17.2. The van der Waals surface area contributed by atoms with E-state index < -0.39 is 0 Å². The Balaban J connectivity index is 1.39. The van der Waals surface area contributed by atoms with Crippen LogP contribution in [0.15, 0.2) is 48.5 Å². The highest BCUT2D eigenvalue weighted by atomic mass is 32.2. The zero-order valence-corrected chi connectivity index (χ0v) is 15.0. The average Bonchev–Trinajstić information content (AvgIpc) is 3.29. The van der Waals surface area contributed by atoms with E-state index >= 15 is 0 Å². The number of oxazole rings is 1. The van der Waals surface area contributed by atoms with Crippen molar-refractivity contribution in [2.45, 2.75) is 25.1 Å². The molecule has 0 aliphatic heterocycles. The minimum Gasteiger partial charge on any atom is -0.416 e. The second-order valence-corrected chi connectivity index (χ2v) is 7.44. The molecule has 0 unspecified atom stereocenters. The van der Waals surface area contributed by atoms with E-state index in [9.17, 15) is 4.79 Å². The van der Waals surface area contributed by atoms with Crippen LogP contribution < -0.4 is 5.76 Å². The van der Waals surface area contributed by atoms with Gasteiger partial charge in [-0.05, 0) is 19.1 Å². The summed E-state index contributed by atoms with van der Waals surface area (Å²) in [4.78, 5) is 16.3. The molecule has 128 valence electrons. The smallest absolute Gasteiger partial charge is 0.416 e. The summed E-state index contributed by atoms with van der Waals surface area (Å²) in [7, 11) is 0. The normalized spacial score (nSPS) is 11.4. The molecule has 0 spiro atoms. The minimum atomic E-state index is -0.355. The fourth-order valence-corrected chi connectivity index (χ4v) is 3.78. The van der Waals surface area contributed by atoms with Crippen LogP contribution >= 0.6 is 23.1 Å². The summed E-state index contributed by atoms with van der Waals surface area (Å²) in [5.41, 5.74) is 2.31. The first kappa shape index (κ1) is 16.1. The Morgan fingerprint density at radius 3 is 2.96 bits per heavy atom. The van der Waals surface area contributed by atoms with Crippen LogP contribution in [-0.4, -0.2) is 25.5 Å². The number of hydrogen-bond acceptors (Lipinski definition) is 8. The highest BCUT2D eigenvalue weighted by Crippen LogP contribution is 2.19. The van der Waals surface area contributed by atoms with Crippen LogP contribution in [0.3, 0.4) is 0 Å². The van der Waals surface area contributed by atoms with Crippen LogP contribution in [0.2, 0.25) is 0 Å². The molecule has 0 radical (unpaired) electrons. The average molecular weight is 374 g/mol.